The molecule has 0 saturated heterocycles. The maximum atomic E-state index is 11.3. The second-order valence-electron chi connectivity index (χ2n) is 3.73. The molecular formula is C11H13NO3S. The molecule has 1 heterocycles. The Balaban J connectivity index is 2.21. The number of benzene rings is 1. The van der Waals surface area contributed by atoms with Gasteiger partial charge in [0.05, 0.1) is 17.1 Å². The molecule has 1 aliphatic rings. The van der Waals surface area contributed by atoms with Gasteiger partial charge < -0.3 is 4.84 Å². The molecule has 4 nitrogen and oxygen atoms in total. The van der Waals surface area contributed by atoms with E-state index in [0.717, 1.165) is 11.4 Å². The summed E-state index contributed by atoms with van der Waals surface area (Å²) in [6.45, 7) is 2.56. The van der Waals surface area contributed by atoms with Crippen LogP contribution in [0, 0.1) is 0 Å². The Morgan fingerprint density at radius 1 is 1.25 bits per heavy atom. The van der Waals surface area contributed by atoms with Gasteiger partial charge in [0.2, 0.25) is 0 Å². The van der Waals surface area contributed by atoms with Crippen LogP contribution in [0.15, 0.2) is 41.0 Å². The average molecular weight is 239 g/mol. The van der Waals surface area contributed by atoms with Gasteiger partial charge in [-0.05, 0) is 37.3 Å². The molecule has 0 amide bonds. The normalized spacial score (nSPS) is 15.9. The van der Waals surface area contributed by atoms with Crippen molar-refractivity contribution < 1.29 is 13.3 Å². The third-order valence-electron chi connectivity index (χ3n) is 2.35. The van der Waals surface area contributed by atoms with Crippen molar-refractivity contribution >= 4 is 15.5 Å². The van der Waals surface area contributed by atoms with Crippen molar-refractivity contribution in [3.05, 3.63) is 36.1 Å². The van der Waals surface area contributed by atoms with Crippen LogP contribution in [0.25, 0.3) is 0 Å². The van der Waals surface area contributed by atoms with Crippen LogP contribution in [0.5, 0.6) is 0 Å². The number of anilines is 1. The molecule has 0 aliphatic carbocycles. The molecule has 16 heavy (non-hydrogen) atoms. The first-order valence-corrected chi connectivity index (χ1v) is 6.78. The minimum absolute atomic E-state index is 0.320. The lowest BCUT2D eigenvalue weighted by molar-refractivity contribution is 0.214. The molecule has 0 unspecified atom stereocenters. The van der Waals surface area contributed by atoms with Crippen LogP contribution >= 0.6 is 0 Å². The van der Waals surface area contributed by atoms with Crippen LogP contribution in [-0.4, -0.2) is 21.2 Å². The van der Waals surface area contributed by atoms with Gasteiger partial charge in [0.1, 0.15) is 5.76 Å². The lowest BCUT2D eigenvalue weighted by Gasteiger charge is -2.17. The monoisotopic (exact) mass is 239 g/mol. The van der Waals surface area contributed by atoms with Crippen LogP contribution in [0.1, 0.15) is 6.92 Å². The van der Waals surface area contributed by atoms with E-state index in [1.54, 1.807) is 29.3 Å². The highest BCUT2D eigenvalue weighted by Crippen LogP contribution is 2.22. The van der Waals surface area contributed by atoms with Crippen LogP contribution in [0.3, 0.4) is 0 Å². The Kier molecular flexibility index (Phi) is 2.63. The molecular weight excluding hydrogens is 226 g/mol. The maximum absolute atomic E-state index is 11.3. The summed E-state index contributed by atoms with van der Waals surface area (Å²) in [7, 11) is -3.13. The van der Waals surface area contributed by atoms with Gasteiger partial charge in [-0.2, -0.15) is 0 Å². The summed E-state index contributed by atoms with van der Waals surface area (Å²) in [5.74, 6) is 0.854. The highest BCUT2D eigenvalue weighted by molar-refractivity contribution is 7.90. The molecule has 0 fully saturated rings. The van der Waals surface area contributed by atoms with Gasteiger partial charge in [-0.3, -0.25) is 0 Å². The molecule has 1 aromatic carbocycles. The van der Waals surface area contributed by atoms with E-state index in [2.05, 4.69) is 0 Å². The number of hydroxylamine groups is 1. The molecule has 0 radical (unpaired) electrons. The van der Waals surface area contributed by atoms with Crippen LogP contribution in [-0.2, 0) is 14.7 Å². The summed E-state index contributed by atoms with van der Waals surface area (Å²) < 4.78 is 22.5. The molecule has 0 atom stereocenters. The molecule has 5 heteroatoms. The topological polar surface area (TPSA) is 46.6 Å². The van der Waals surface area contributed by atoms with Crippen molar-refractivity contribution in [3.63, 3.8) is 0 Å². The van der Waals surface area contributed by atoms with E-state index < -0.39 is 9.84 Å². The highest BCUT2D eigenvalue weighted by Gasteiger charge is 2.14. The second kappa shape index (κ2) is 3.83. The Labute approximate surface area is 95.0 Å². The van der Waals surface area contributed by atoms with Gasteiger partial charge in [0, 0.05) is 6.26 Å². The molecule has 1 aromatic rings. The standard InChI is InChI=1S/C11H13NO3S/c1-9-7-8-12(15-9)10-3-5-11(6-4-10)16(2,13)14/h3-7H,8H2,1-2H3. The van der Waals surface area contributed by atoms with Gasteiger partial charge in [0.15, 0.2) is 9.84 Å². The van der Waals surface area contributed by atoms with Crippen molar-refractivity contribution in [1.82, 2.24) is 0 Å². The van der Waals surface area contributed by atoms with Gasteiger partial charge in [-0.25, -0.2) is 13.5 Å². The quantitative estimate of drug-likeness (QED) is 0.788. The van der Waals surface area contributed by atoms with Gasteiger partial charge in [-0.1, -0.05) is 0 Å². The van der Waals surface area contributed by atoms with Gasteiger partial charge >= 0.3 is 0 Å². The average Bonchev–Trinajstić information content (AvgIpc) is 2.64. The third kappa shape index (κ3) is 2.19. The number of sulfone groups is 1. The zero-order valence-corrected chi connectivity index (χ0v) is 9.99. The smallest absolute Gasteiger partial charge is 0.175 e. The second-order valence-corrected chi connectivity index (χ2v) is 5.75. The minimum atomic E-state index is -3.13. The fourth-order valence-corrected chi connectivity index (χ4v) is 2.11. The summed E-state index contributed by atoms with van der Waals surface area (Å²) in [5, 5.41) is 1.71. The SMILES string of the molecule is CC1=CCN(c2ccc(S(C)(=O)=O)cc2)O1. The first-order valence-electron chi connectivity index (χ1n) is 4.89. The molecule has 0 N–H and O–H groups in total. The lowest BCUT2D eigenvalue weighted by atomic mass is 10.3. The number of hydrogen-bond donors (Lipinski definition) is 0. The van der Waals surface area contributed by atoms with Crippen molar-refractivity contribution in [2.24, 2.45) is 0 Å². The fourth-order valence-electron chi connectivity index (χ4n) is 1.48. The van der Waals surface area contributed by atoms with Gasteiger partial charge in [0.25, 0.3) is 0 Å². The van der Waals surface area contributed by atoms with E-state index in [0.29, 0.717) is 11.4 Å². The molecule has 86 valence electrons. The largest absolute Gasteiger partial charge is 0.384 e. The summed E-state index contributed by atoms with van der Waals surface area (Å²) in [6.07, 6.45) is 3.16. The zero-order chi connectivity index (χ0) is 11.8. The van der Waals surface area contributed by atoms with E-state index >= 15 is 0 Å². The van der Waals surface area contributed by atoms with E-state index in [1.807, 2.05) is 13.0 Å². The fraction of sp³-hybridized carbons (Fsp3) is 0.273. The van der Waals surface area contributed by atoms with E-state index in [-0.39, 0.29) is 0 Å². The molecule has 0 spiro atoms. The van der Waals surface area contributed by atoms with Crippen molar-refractivity contribution in [3.8, 4) is 0 Å². The Morgan fingerprint density at radius 2 is 1.88 bits per heavy atom. The molecule has 0 aromatic heterocycles. The molecule has 0 bridgehead atoms. The predicted octanol–water partition coefficient (Wildman–Crippen LogP) is 1.75. The minimum Gasteiger partial charge on any atom is -0.384 e. The first-order chi connectivity index (χ1) is 7.47. The first kappa shape index (κ1) is 11.0. The zero-order valence-electron chi connectivity index (χ0n) is 9.17. The highest BCUT2D eigenvalue weighted by atomic mass is 32.2. The number of allylic oxidation sites excluding steroid dienone is 1. The number of rotatable bonds is 2. The predicted molar refractivity (Wildman–Crippen MR) is 61.7 cm³/mol. The summed E-state index contributed by atoms with van der Waals surface area (Å²) in [6, 6.07) is 6.65. The van der Waals surface area contributed by atoms with Crippen molar-refractivity contribution in [1.29, 1.82) is 0 Å². The lowest BCUT2D eigenvalue weighted by Crippen LogP contribution is -2.17. The Bertz CT molecular complexity index is 517. The Morgan fingerprint density at radius 3 is 2.31 bits per heavy atom. The summed E-state index contributed by atoms with van der Waals surface area (Å²) in [4.78, 5) is 5.74. The van der Waals surface area contributed by atoms with Crippen molar-refractivity contribution in [2.45, 2.75) is 11.8 Å². The van der Waals surface area contributed by atoms with Gasteiger partial charge in [-0.15, -0.1) is 0 Å². The summed E-state index contributed by atoms with van der Waals surface area (Å²) in [5.41, 5.74) is 0.848. The molecule has 0 saturated carbocycles. The molecule has 1 aliphatic heterocycles. The van der Waals surface area contributed by atoms with E-state index in [1.165, 1.54) is 6.26 Å². The van der Waals surface area contributed by atoms with Crippen LogP contribution in [0.4, 0.5) is 5.69 Å². The third-order valence-corrected chi connectivity index (χ3v) is 3.48. The van der Waals surface area contributed by atoms with Crippen LogP contribution < -0.4 is 5.06 Å². The summed E-state index contributed by atoms with van der Waals surface area (Å²) >= 11 is 0. The van der Waals surface area contributed by atoms with E-state index in [4.69, 9.17) is 4.84 Å². The van der Waals surface area contributed by atoms with Crippen molar-refractivity contribution in [2.75, 3.05) is 17.9 Å². The number of hydrogen-bond acceptors (Lipinski definition) is 4. The number of nitrogens with zero attached hydrogens (tertiary/aromatic N) is 1. The molecule has 2 rings (SSSR count). The maximum Gasteiger partial charge on any atom is 0.175 e. The Hall–Kier alpha value is -1.49. The van der Waals surface area contributed by atoms with Crippen LogP contribution in [0.2, 0.25) is 0 Å². The van der Waals surface area contributed by atoms with E-state index in [9.17, 15) is 8.42 Å².